The number of aryl methyl sites for hydroxylation is 2. The molecule has 4 heteroatoms. The summed E-state index contributed by atoms with van der Waals surface area (Å²) in [5.41, 5.74) is 3.37. The number of nitrogens with one attached hydrogen (secondary N) is 1. The Bertz CT molecular complexity index is 609. The Hall–Kier alpha value is -2.36. The molecule has 0 aliphatic rings. The van der Waals surface area contributed by atoms with Crippen LogP contribution in [0.25, 0.3) is 0 Å². The Kier molecular flexibility index (Phi) is 4.35. The summed E-state index contributed by atoms with van der Waals surface area (Å²) >= 11 is 0. The highest BCUT2D eigenvalue weighted by molar-refractivity contribution is 5.98. The zero-order valence-corrected chi connectivity index (χ0v) is 11.9. The van der Waals surface area contributed by atoms with Gasteiger partial charge in [-0.3, -0.25) is 9.78 Å². The van der Waals surface area contributed by atoms with Gasteiger partial charge in [-0.05, 0) is 43.2 Å². The van der Waals surface area contributed by atoms with E-state index in [0.29, 0.717) is 17.9 Å². The van der Waals surface area contributed by atoms with E-state index in [1.807, 2.05) is 44.2 Å². The summed E-state index contributed by atoms with van der Waals surface area (Å²) < 4.78 is 5.30. The maximum absolute atomic E-state index is 12.3. The van der Waals surface area contributed by atoms with Crippen LogP contribution in [0.15, 0.2) is 36.5 Å². The lowest BCUT2D eigenvalue weighted by molar-refractivity contribution is 0.0946. The number of pyridine rings is 1. The molecule has 1 aromatic carbocycles. The van der Waals surface area contributed by atoms with Gasteiger partial charge in [0, 0.05) is 6.20 Å². The molecule has 0 unspecified atom stereocenters. The molecule has 0 saturated heterocycles. The predicted molar refractivity (Wildman–Crippen MR) is 77.9 cm³/mol. The lowest BCUT2D eigenvalue weighted by Gasteiger charge is -2.13. The smallest absolute Gasteiger partial charge is 0.255 e. The van der Waals surface area contributed by atoms with Crippen LogP contribution in [0.4, 0.5) is 0 Å². The van der Waals surface area contributed by atoms with E-state index in [-0.39, 0.29) is 5.91 Å². The van der Waals surface area contributed by atoms with Crippen LogP contribution in [0, 0.1) is 13.8 Å². The fraction of sp³-hybridized carbons (Fsp3) is 0.250. The van der Waals surface area contributed by atoms with Gasteiger partial charge in [-0.15, -0.1) is 0 Å². The number of amides is 1. The number of nitrogens with zero attached hydrogens (tertiary/aromatic N) is 1. The van der Waals surface area contributed by atoms with E-state index in [2.05, 4.69) is 10.3 Å². The van der Waals surface area contributed by atoms with E-state index >= 15 is 0 Å². The van der Waals surface area contributed by atoms with Crippen LogP contribution in [-0.2, 0) is 6.54 Å². The molecule has 0 aliphatic heterocycles. The minimum absolute atomic E-state index is 0.148. The van der Waals surface area contributed by atoms with Gasteiger partial charge in [-0.2, -0.15) is 0 Å². The minimum Gasteiger partial charge on any atom is -0.496 e. The second-order valence-electron chi connectivity index (χ2n) is 4.66. The molecule has 0 spiro atoms. The van der Waals surface area contributed by atoms with Crippen molar-refractivity contribution in [3.8, 4) is 5.75 Å². The van der Waals surface area contributed by atoms with Gasteiger partial charge in [-0.25, -0.2) is 0 Å². The second kappa shape index (κ2) is 6.19. The number of benzene rings is 1. The molecule has 1 heterocycles. The van der Waals surface area contributed by atoms with E-state index in [4.69, 9.17) is 4.74 Å². The van der Waals surface area contributed by atoms with Gasteiger partial charge in [0.2, 0.25) is 0 Å². The van der Waals surface area contributed by atoms with Crippen LogP contribution in [0.1, 0.15) is 27.2 Å². The average Bonchev–Trinajstić information content (AvgIpc) is 2.45. The quantitative estimate of drug-likeness (QED) is 0.929. The van der Waals surface area contributed by atoms with E-state index in [1.165, 1.54) is 0 Å². The Morgan fingerprint density at radius 1 is 1.30 bits per heavy atom. The molecule has 1 N–H and O–H groups in total. The summed E-state index contributed by atoms with van der Waals surface area (Å²) in [5.74, 6) is 0.450. The number of aromatic nitrogens is 1. The van der Waals surface area contributed by atoms with E-state index < -0.39 is 0 Å². The van der Waals surface area contributed by atoms with Crippen molar-refractivity contribution in [2.24, 2.45) is 0 Å². The summed E-state index contributed by atoms with van der Waals surface area (Å²) in [5, 5.41) is 2.87. The number of hydrogen-bond acceptors (Lipinski definition) is 3. The van der Waals surface area contributed by atoms with Crippen LogP contribution in [0.3, 0.4) is 0 Å². The lowest BCUT2D eigenvalue weighted by atomic mass is 10.0. The molecule has 0 fully saturated rings. The van der Waals surface area contributed by atoms with Crippen molar-refractivity contribution in [2.75, 3.05) is 7.11 Å². The molecule has 2 aromatic rings. The molecule has 0 atom stereocenters. The highest BCUT2D eigenvalue weighted by atomic mass is 16.5. The Labute approximate surface area is 118 Å². The highest BCUT2D eigenvalue weighted by Crippen LogP contribution is 2.24. The highest BCUT2D eigenvalue weighted by Gasteiger charge is 2.15. The standard InChI is InChI=1S/C16H18N2O2/c1-11-8-12(2)15(14(9-11)20-3)16(19)18-10-13-6-4-5-7-17-13/h4-9H,10H2,1-3H3,(H,18,19). The SMILES string of the molecule is COc1cc(C)cc(C)c1C(=O)NCc1ccccn1. The number of carbonyl (C=O) groups excluding carboxylic acids is 1. The normalized spacial score (nSPS) is 10.2. The monoisotopic (exact) mass is 270 g/mol. The van der Waals surface area contributed by atoms with Crippen molar-refractivity contribution in [2.45, 2.75) is 20.4 Å². The third-order valence-electron chi connectivity index (χ3n) is 3.05. The average molecular weight is 270 g/mol. The third-order valence-corrected chi connectivity index (χ3v) is 3.05. The van der Waals surface area contributed by atoms with Gasteiger partial charge in [0.25, 0.3) is 5.91 Å². The predicted octanol–water partition coefficient (Wildman–Crippen LogP) is 2.64. The van der Waals surface area contributed by atoms with E-state index in [1.54, 1.807) is 13.3 Å². The van der Waals surface area contributed by atoms with Crippen molar-refractivity contribution < 1.29 is 9.53 Å². The van der Waals surface area contributed by atoms with Gasteiger partial charge in [0.15, 0.2) is 0 Å². The van der Waals surface area contributed by atoms with Crippen LogP contribution in [-0.4, -0.2) is 18.0 Å². The summed E-state index contributed by atoms with van der Waals surface area (Å²) in [6.45, 7) is 4.28. The van der Waals surface area contributed by atoms with E-state index in [0.717, 1.165) is 16.8 Å². The number of methoxy groups -OCH3 is 1. The van der Waals surface area contributed by atoms with Crippen LogP contribution < -0.4 is 10.1 Å². The third kappa shape index (κ3) is 3.15. The first-order valence-corrected chi connectivity index (χ1v) is 6.45. The van der Waals surface area contributed by atoms with Crippen molar-refractivity contribution >= 4 is 5.91 Å². The molecule has 1 aromatic heterocycles. The maximum Gasteiger partial charge on any atom is 0.255 e. The summed E-state index contributed by atoms with van der Waals surface area (Å²) in [6.07, 6.45) is 1.71. The largest absolute Gasteiger partial charge is 0.496 e. The van der Waals surface area contributed by atoms with Crippen molar-refractivity contribution in [3.05, 3.63) is 58.9 Å². The molecule has 0 bridgehead atoms. The van der Waals surface area contributed by atoms with Crippen LogP contribution in [0.5, 0.6) is 5.75 Å². The first kappa shape index (κ1) is 14.1. The van der Waals surface area contributed by atoms with Gasteiger partial charge in [-0.1, -0.05) is 12.1 Å². The minimum atomic E-state index is -0.148. The van der Waals surface area contributed by atoms with E-state index in [9.17, 15) is 4.79 Å². The summed E-state index contributed by atoms with van der Waals surface area (Å²) in [7, 11) is 1.57. The fourth-order valence-corrected chi connectivity index (χ4v) is 2.14. The second-order valence-corrected chi connectivity index (χ2v) is 4.66. The lowest BCUT2D eigenvalue weighted by Crippen LogP contribution is -2.24. The first-order valence-electron chi connectivity index (χ1n) is 6.45. The molecular formula is C16H18N2O2. The summed E-state index contributed by atoms with van der Waals surface area (Å²) in [4.78, 5) is 16.5. The molecule has 1 amide bonds. The molecule has 0 radical (unpaired) electrons. The fourth-order valence-electron chi connectivity index (χ4n) is 2.14. The number of rotatable bonds is 4. The summed E-state index contributed by atoms with van der Waals surface area (Å²) in [6, 6.07) is 9.45. The zero-order chi connectivity index (χ0) is 14.5. The molecule has 104 valence electrons. The van der Waals surface area contributed by atoms with Gasteiger partial charge in [0.1, 0.15) is 5.75 Å². The maximum atomic E-state index is 12.3. The molecule has 4 nitrogen and oxygen atoms in total. The van der Waals surface area contributed by atoms with Crippen molar-refractivity contribution in [1.29, 1.82) is 0 Å². The number of carbonyl (C=O) groups is 1. The Morgan fingerprint density at radius 3 is 2.75 bits per heavy atom. The first-order chi connectivity index (χ1) is 9.61. The van der Waals surface area contributed by atoms with Crippen LogP contribution in [0.2, 0.25) is 0 Å². The molecular weight excluding hydrogens is 252 g/mol. The number of hydrogen-bond donors (Lipinski definition) is 1. The van der Waals surface area contributed by atoms with Crippen molar-refractivity contribution in [3.63, 3.8) is 0 Å². The number of ether oxygens (including phenoxy) is 1. The van der Waals surface area contributed by atoms with Crippen LogP contribution >= 0.6 is 0 Å². The van der Waals surface area contributed by atoms with Gasteiger partial charge in [0.05, 0.1) is 24.9 Å². The Balaban J connectivity index is 2.17. The molecule has 2 rings (SSSR count). The van der Waals surface area contributed by atoms with Crippen molar-refractivity contribution in [1.82, 2.24) is 10.3 Å². The molecule has 20 heavy (non-hydrogen) atoms. The molecule has 0 saturated carbocycles. The molecule has 0 aliphatic carbocycles. The van der Waals surface area contributed by atoms with Gasteiger partial charge >= 0.3 is 0 Å². The zero-order valence-electron chi connectivity index (χ0n) is 11.9. The topological polar surface area (TPSA) is 51.2 Å². The van der Waals surface area contributed by atoms with Gasteiger partial charge < -0.3 is 10.1 Å². The Morgan fingerprint density at radius 2 is 2.10 bits per heavy atom.